The van der Waals surface area contributed by atoms with Crippen molar-refractivity contribution in [2.45, 2.75) is 49.9 Å². The molecule has 1 atom stereocenters. The minimum Gasteiger partial charge on any atom is -0.385 e. The zero-order valence-electron chi connectivity index (χ0n) is 17.1. The first-order valence-corrected chi connectivity index (χ1v) is 10.6. The van der Waals surface area contributed by atoms with Gasteiger partial charge in [0.05, 0.1) is 5.41 Å². The van der Waals surface area contributed by atoms with E-state index in [0.717, 1.165) is 56.8 Å². The average molecular weight is 399 g/mol. The molecule has 29 heavy (non-hydrogen) atoms. The molecule has 156 valence electrons. The molecule has 1 aliphatic heterocycles. The van der Waals surface area contributed by atoms with Crippen LogP contribution in [0.1, 0.15) is 55.3 Å². The van der Waals surface area contributed by atoms with Crippen LogP contribution < -0.4 is 5.32 Å². The Balaban J connectivity index is 1.40. The summed E-state index contributed by atoms with van der Waals surface area (Å²) in [7, 11) is 1.70. The lowest BCUT2D eigenvalue weighted by Gasteiger charge is -2.40. The quantitative estimate of drug-likeness (QED) is 0.738. The Hall–Kier alpha value is -2.41. The van der Waals surface area contributed by atoms with Crippen LogP contribution in [0, 0.1) is 0 Å². The number of ether oxygens (including phenoxy) is 1. The van der Waals surface area contributed by atoms with E-state index in [1.165, 1.54) is 5.56 Å². The van der Waals surface area contributed by atoms with Gasteiger partial charge < -0.3 is 19.5 Å². The third-order valence-corrected chi connectivity index (χ3v) is 6.02. The number of urea groups is 1. The minimum absolute atomic E-state index is 0.0201. The molecular weight excluding hydrogens is 368 g/mol. The second kappa shape index (κ2) is 8.95. The number of likely N-dealkylation sites (tertiary alicyclic amines) is 1. The van der Waals surface area contributed by atoms with Gasteiger partial charge in [0.2, 0.25) is 5.89 Å². The number of benzene rings is 1. The molecular formula is C22H30N4O3. The fourth-order valence-corrected chi connectivity index (χ4v) is 4.12. The molecule has 1 aromatic heterocycles. The average Bonchev–Trinajstić information content (AvgIpc) is 3.49. The molecule has 1 N–H and O–H groups in total. The fraction of sp³-hybridized carbons (Fsp3) is 0.591. The Kier molecular flexibility index (Phi) is 6.13. The normalized spacial score (nSPS) is 21.9. The van der Waals surface area contributed by atoms with Gasteiger partial charge in [0, 0.05) is 39.3 Å². The van der Waals surface area contributed by atoms with Crippen molar-refractivity contribution in [1.82, 2.24) is 20.4 Å². The number of hydrogen-bond acceptors (Lipinski definition) is 5. The lowest BCUT2D eigenvalue weighted by molar-refractivity contribution is 0.106. The lowest BCUT2D eigenvalue weighted by atomic mass is 9.76. The zero-order valence-corrected chi connectivity index (χ0v) is 17.1. The van der Waals surface area contributed by atoms with Gasteiger partial charge in [0.1, 0.15) is 0 Å². The zero-order chi connectivity index (χ0) is 20.1. The minimum atomic E-state index is -0.304. The van der Waals surface area contributed by atoms with Gasteiger partial charge >= 0.3 is 6.03 Å². The van der Waals surface area contributed by atoms with E-state index in [4.69, 9.17) is 14.2 Å². The number of nitrogens with zero attached hydrogens (tertiary/aromatic N) is 3. The van der Waals surface area contributed by atoms with Gasteiger partial charge in [0.15, 0.2) is 5.82 Å². The van der Waals surface area contributed by atoms with E-state index in [0.29, 0.717) is 25.6 Å². The summed E-state index contributed by atoms with van der Waals surface area (Å²) in [6.07, 6.45) is 5.72. The number of nitrogens with one attached hydrogen (secondary N) is 1. The molecule has 0 spiro atoms. The van der Waals surface area contributed by atoms with Crippen molar-refractivity contribution in [3.63, 3.8) is 0 Å². The molecule has 0 radical (unpaired) electrons. The second-order valence-electron chi connectivity index (χ2n) is 8.25. The van der Waals surface area contributed by atoms with Crippen molar-refractivity contribution in [3.05, 3.63) is 47.6 Å². The van der Waals surface area contributed by atoms with Gasteiger partial charge in [-0.25, -0.2) is 4.79 Å². The van der Waals surface area contributed by atoms with Crippen LogP contribution in [0.15, 0.2) is 34.9 Å². The molecule has 2 fully saturated rings. The van der Waals surface area contributed by atoms with Crippen molar-refractivity contribution in [3.8, 4) is 0 Å². The molecule has 0 bridgehead atoms. The van der Waals surface area contributed by atoms with E-state index in [1.54, 1.807) is 7.11 Å². The second-order valence-corrected chi connectivity index (χ2v) is 8.25. The van der Waals surface area contributed by atoms with Gasteiger partial charge in [-0.1, -0.05) is 35.5 Å². The molecule has 2 heterocycles. The van der Waals surface area contributed by atoms with E-state index in [9.17, 15) is 4.79 Å². The largest absolute Gasteiger partial charge is 0.385 e. The first kappa shape index (κ1) is 19.9. The van der Waals surface area contributed by atoms with Crippen LogP contribution in [0.25, 0.3) is 0 Å². The van der Waals surface area contributed by atoms with E-state index in [1.807, 2.05) is 23.1 Å². The summed E-state index contributed by atoms with van der Waals surface area (Å²) in [5.41, 5.74) is 0.919. The number of carbonyl (C=O) groups is 1. The van der Waals surface area contributed by atoms with Gasteiger partial charge in [-0.05, 0) is 44.1 Å². The smallest absolute Gasteiger partial charge is 0.317 e. The van der Waals surface area contributed by atoms with Crippen LogP contribution in [0.4, 0.5) is 4.79 Å². The fourth-order valence-electron chi connectivity index (χ4n) is 4.12. The molecule has 2 amide bonds. The van der Waals surface area contributed by atoms with Crippen LogP contribution in [-0.4, -0.2) is 54.4 Å². The first-order chi connectivity index (χ1) is 14.2. The van der Waals surface area contributed by atoms with Gasteiger partial charge in [-0.2, -0.15) is 4.98 Å². The maximum atomic E-state index is 12.8. The van der Waals surface area contributed by atoms with Crippen LogP contribution in [-0.2, 0) is 16.6 Å². The van der Waals surface area contributed by atoms with Crippen LogP contribution in [0.5, 0.6) is 0 Å². The molecule has 7 nitrogen and oxygen atoms in total. The molecule has 7 heteroatoms. The Morgan fingerprint density at radius 2 is 2.17 bits per heavy atom. The van der Waals surface area contributed by atoms with Gasteiger partial charge in [-0.15, -0.1) is 0 Å². The number of aromatic nitrogens is 2. The number of methoxy groups -OCH3 is 1. The molecule has 2 aliphatic rings. The van der Waals surface area contributed by atoms with Crippen LogP contribution in [0.2, 0.25) is 0 Å². The maximum absolute atomic E-state index is 12.8. The first-order valence-electron chi connectivity index (χ1n) is 10.6. The summed E-state index contributed by atoms with van der Waals surface area (Å²) < 4.78 is 10.9. The summed E-state index contributed by atoms with van der Waals surface area (Å²) in [5.74, 6) is 1.91. The van der Waals surface area contributed by atoms with Gasteiger partial charge in [-0.3, -0.25) is 0 Å². The summed E-state index contributed by atoms with van der Waals surface area (Å²) in [6, 6.07) is 10.2. The predicted octanol–water partition coefficient (Wildman–Crippen LogP) is 3.27. The van der Waals surface area contributed by atoms with Crippen LogP contribution in [0.3, 0.4) is 0 Å². The van der Waals surface area contributed by atoms with E-state index >= 15 is 0 Å². The Morgan fingerprint density at radius 1 is 1.34 bits per heavy atom. The lowest BCUT2D eigenvalue weighted by Crippen LogP contribution is -2.52. The van der Waals surface area contributed by atoms with Gasteiger partial charge in [0.25, 0.3) is 0 Å². The third-order valence-electron chi connectivity index (χ3n) is 6.02. The number of carbonyl (C=O) groups excluding carboxylic acids is 1. The van der Waals surface area contributed by atoms with E-state index in [-0.39, 0.29) is 11.4 Å². The van der Waals surface area contributed by atoms with Crippen molar-refractivity contribution >= 4 is 6.03 Å². The summed E-state index contributed by atoms with van der Waals surface area (Å²) >= 11 is 0. The molecule has 1 saturated heterocycles. The Labute approximate surface area is 171 Å². The molecule has 1 unspecified atom stereocenters. The Morgan fingerprint density at radius 3 is 2.93 bits per heavy atom. The highest BCUT2D eigenvalue weighted by Crippen LogP contribution is 2.41. The number of piperidine rings is 1. The van der Waals surface area contributed by atoms with Crippen LogP contribution >= 0.6 is 0 Å². The van der Waals surface area contributed by atoms with Crippen molar-refractivity contribution in [2.24, 2.45) is 0 Å². The topological polar surface area (TPSA) is 80.5 Å². The summed E-state index contributed by atoms with van der Waals surface area (Å²) in [4.78, 5) is 19.4. The highest BCUT2D eigenvalue weighted by molar-refractivity contribution is 5.74. The standard InChI is InChI=1S/C22H30N4O3/c1-28-15-12-22(20-24-19(29-25-20)18-8-9-18)11-5-14-26(16-22)21(27)23-13-10-17-6-3-2-4-7-17/h2-4,6-7,18H,5,8-16H2,1H3,(H,23,27). The molecule has 2 aromatic rings. The van der Waals surface area contributed by atoms with Crippen molar-refractivity contribution < 1.29 is 14.1 Å². The Bertz CT molecular complexity index is 805. The maximum Gasteiger partial charge on any atom is 0.317 e. The van der Waals surface area contributed by atoms with Crippen molar-refractivity contribution in [2.75, 3.05) is 33.4 Å². The van der Waals surface area contributed by atoms with E-state index < -0.39 is 0 Å². The van der Waals surface area contributed by atoms with E-state index in [2.05, 4.69) is 22.6 Å². The third kappa shape index (κ3) is 4.78. The number of hydrogen-bond donors (Lipinski definition) is 1. The molecule has 1 aromatic carbocycles. The summed E-state index contributed by atoms with van der Waals surface area (Å²) in [5, 5.41) is 7.39. The predicted molar refractivity (Wildman–Crippen MR) is 109 cm³/mol. The summed E-state index contributed by atoms with van der Waals surface area (Å²) in [6.45, 7) is 2.58. The van der Waals surface area contributed by atoms with Crippen molar-refractivity contribution in [1.29, 1.82) is 0 Å². The molecule has 4 rings (SSSR count). The number of amides is 2. The number of rotatable bonds is 8. The SMILES string of the molecule is COCCC1(c2noc(C3CC3)n2)CCCN(C(=O)NCCc2ccccc2)C1. The molecule has 1 saturated carbocycles. The highest BCUT2D eigenvalue weighted by atomic mass is 16.5. The highest BCUT2D eigenvalue weighted by Gasteiger charge is 2.43. The monoisotopic (exact) mass is 398 g/mol. The molecule has 1 aliphatic carbocycles.